The van der Waals surface area contributed by atoms with Crippen LogP contribution in [0, 0.1) is 0 Å². The molecule has 3 heteroatoms. The van der Waals surface area contributed by atoms with Gasteiger partial charge in [0.05, 0.1) is 11.2 Å². The molecule has 5 aromatic carbocycles. The number of fused-ring (bicyclic) bond motifs is 5. The first-order valence-electron chi connectivity index (χ1n) is 13.4. The van der Waals surface area contributed by atoms with E-state index in [1.807, 2.05) is 0 Å². The summed E-state index contributed by atoms with van der Waals surface area (Å²) >= 11 is 0. The molecule has 0 spiro atoms. The fourth-order valence-corrected chi connectivity index (χ4v) is 6.23. The van der Waals surface area contributed by atoms with Crippen LogP contribution < -0.4 is 9.48 Å². The standard InChI is InChI=1S/C36H26N3/c1-4-14-26(15-5-1)37(27-16-6-2-7-17-27)29-24-31-30-20-10-11-21-32(30)39-34-23-13-12-22-33(34)38(35(25-29)36(31)39)28-18-8-3-9-19-28/h1-25,34H/q+1. The molecule has 2 aliphatic rings. The first-order valence-corrected chi connectivity index (χ1v) is 13.4. The third-order valence-corrected chi connectivity index (χ3v) is 7.82. The van der Waals surface area contributed by atoms with Crippen molar-refractivity contribution in [3.63, 3.8) is 0 Å². The zero-order valence-electron chi connectivity index (χ0n) is 21.4. The van der Waals surface area contributed by atoms with Crippen LogP contribution in [0.4, 0.5) is 28.4 Å². The van der Waals surface area contributed by atoms with E-state index >= 15 is 0 Å². The van der Waals surface area contributed by atoms with Gasteiger partial charge in [-0.2, -0.15) is 4.58 Å². The van der Waals surface area contributed by atoms with Crippen LogP contribution in [0.2, 0.25) is 0 Å². The van der Waals surface area contributed by atoms with E-state index in [0.717, 1.165) is 17.1 Å². The van der Waals surface area contributed by atoms with Gasteiger partial charge in [0.25, 0.3) is 0 Å². The van der Waals surface area contributed by atoms with E-state index < -0.39 is 0 Å². The highest BCUT2D eigenvalue weighted by molar-refractivity contribution is 6.19. The van der Waals surface area contributed by atoms with E-state index in [0.29, 0.717) is 0 Å². The Bertz CT molecular complexity index is 1910. The lowest BCUT2D eigenvalue weighted by Gasteiger charge is -2.28. The number of para-hydroxylation sites is 4. The quantitative estimate of drug-likeness (QED) is 0.220. The average molecular weight is 501 g/mol. The molecular weight excluding hydrogens is 474 g/mol. The fourth-order valence-electron chi connectivity index (χ4n) is 6.23. The molecule has 0 fully saturated rings. The van der Waals surface area contributed by atoms with Gasteiger partial charge < -0.3 is 9.47 Å². The van der Waals surface area contributed by atoms with Gasteiger partial charge in [-0.05, 0) is 36.4 Å². The first-order chi connectivity index (χ1) is 19.4. The Balaban J connectivity index is 1.51. The minimum Gasteiger partial charge on any atom is -0.318 e. The van der Waals surface area contributed by atoms with E-state index in [2.05, 4.69) is 166 Å². The minimum absolute atomic E-state index is 0.121. The third-order valence-electron chi connectivity index (χ3n) is 7.82. The van der Waals surface area contributed by atoms with Crippen LogP contribution in [0.5, 0.6) is 0 Å². The molecule has 3 nitrogen and oxygen atoms in total. The van der Waals surface area contributed by atoms with Crippen LogP contribution in [0.15, 0.2) is 152 Å². The highest BCUT2D eigenvalue weighted by atomic mass is 15.2. The zero-order chi connectivity index (χ0) is 25.8. The van der Waals surface area contributed by atoms with Gasteiger partial charge in [-0.1, -0.05) is 91.0 Å². The van der Waals surface area contributed by atoms with Crippen LogP contribution in [-0.2, 0) is 0 Å². The van der Waals surface area contributed by atoms with Crippen LogP contribution in [-0.4, -0.2) is 10.3 Å². The Hall–Kier alpha value is -5.15. The predicted octanol–water partition coefficient (Wildman–Crippen LogP) is 9.22. The van der Waals surface area contributed by atoms with Gasteiger partial charge in [0.1, 0.15) is 11.6 Å². The van der Waals surface area contributed by atoms with Gasteiger partial charge in [-0.15, -0.1) is 0 Å². The maximum atomic E-state index is 2.52. The summed E-state index contributed by atoms with van der Waals surface area (Å²) in [5.74, 6) is 0. The molecule has 1 aliphatic carbocycles. The zero-order valence-corrected chi connectivity index (χ0v) is 21.4. The molecule has 0 bridgehead atoms. The first kappa shape index (κ1) is 21.9. The van der Waals surface area contributed by atoms with E-state index in [9.17, 15) is 0 Å². The van der Waals surface area contributed by atoms with Crippen molar-refractivity contribution in [1.29, 1.82) is 0 Å². The van der Waals surface area contributed by atoms with Gasteiger partial charge >= 0.3 is 0 Å². The van der Waals surface area contributed by atoms with Crippen LogP contribution in [0.3, 0.4) is 0 Å². The molecule has 39 heavy (non-hydrogen) atoms. The number of anilines is 3. The molecule has 1 aromatic heterocycles. The molecule has 0 saturated heterocycles. The van der Waals surface area contributed by atoms with Crippen molar-refractivity contribution in [3.8, 4) is 0 Å². The molecule has 0 saturated carbocycles. The van der Waals surface area contributed by atoms with Crippen LogP contribution in [0.25, 0.3) is 21.8 Å². The lowest BCUT2D eigenvalue weighted by molar-refractivity contribution is 0.781. The summed E-state index contributed by atoms with van der Waals surface area (Å²) < 4.78 is 4.97. The Labute approximate surface area is 227 Å². The summed E-state index contributed by atoms with van der Waals surface area (Å²) in [7, 11) is 0. The molecule has 1 aliphatic heterocycles. The number of hydrogen-bond acceptors (Lipinski definition) is 1. The molecule has 8 rings (SSSR count). The monoisotopic (exact) mass is 500 g/mol. The highest BCUT2D eigenvalue weighted by Crippen LogP contribution is 2.47. The largest absolute Gasteiger partial charge is 0.318 e. The maximum Gasteiger partial charge on any atom is 0.238 e. The highest BCUT2D eigenvalue weighted by Gasteiger charge is 2.38. The van der Waals surface area contributed by atoms with Gasteiger partial charge in [0.2, 0.25) is 17.1 Å². The average Bonchev–Trinajstić information content (AvgIpc) is 3.34. The fraction of sp³-hybridized carbons (Fsp3) is 0.0278. The lowest BCUT2D eigenvalue weighted by Crippen LogP contribution is -2.30. The predicted molar refractivity (Wildman–Crippen MR) is 164 cm³/mol. The van der Waals surface area contributed by atoms with Crippen LogP contribution in [0.1, 0.15) is 6.04 Å². The van der Waals surface area contributed by atoms with Gasteiger partial charge in [0, 0.05) is 46.4 Å². The smallest absolute Gasteiger partial charge is 0.238 e. The molecule has 1 unspecified atom stereocenters. The summed E-state index contributed by atoms with van der Waals surface area (Å²) in [5.41, 5.74) is 9.52. The summed E-state index contributed by atoms with van der Waals surface area (Å²) in [6.45, 7) is 0. The molecule has 184 valence electrons. The Morgan fingerprint density at radius 3 is 1.95 bits per heavy atom. The number of benzene rings is 5. The van der Waals surface area contributed by atoms with Gasteiger partial charge in [-0.3, -0.25) is 0 Å². The molecular formula is C36H26N3+. The van der Waals surface area contributed by atoms with Crippen molar-refractivity contribution in [2.75, 3.05) is 4.90 Å². The van der Waals surface area contributed by atoms with E-state index in [1.165, 1.54) is 38.9 Å². The van der Waals surface area contributed by atoms with E-state index in [4.69, 9.17) is 0 Å². The second-order valence-electron chi connectivity index (χ2n) is 10.0. The lowest BCUT2D eigenvalue weighted by atomic mass is 10.0. The summed E-state index contributed by atoms with van der Waals surface area (Å²) in [5, 5.41) is 2.53. The minimum atomic E-state index is 0.121. The SMILES string of the molecule is C1=CC2=[N+](c3ccccc3)c3cc(N(c4ccccc4)c4ccccc4)cc4c5ccccc5n(c34)C2C=C1. The molecule has 1 atom stereocenters. The Morgan fingerprint density at radius 1 is 0.590 bits per heavy atom. The second-order valence-corrected chi connectivity index (χ2v) is 10.0. The second kappa shape index (κ2) is 8.71. The molecule has 0 radical (unpaired) electrons. The van der Waals surface area contributed by atoms with E-state index in [1.54, 1.807) is 0 Å². The molecule has 0 amide bonds. The van der Waals surface area contributed by atoms with Gasteiger partial charge in [-0.25, -0.2) is 0 Å². The molecule has 2 heterocycles. The molecule has 0 N–H and O–H groups in total. The summed E-state index contributed by atoms with van der Waals surface area (Å²) in [6.07, 6.45) is 8.90. The number of nitrogens with zero attached hydrogens (tertiary/aromatic N) is 3. The van der Waals surface area contributed by atoms with Crippen molar-refractivity contribution in [2.45, 2.75) is 6.04 Å². The van der Waals surface area contributed by atoms with Crippen molar-refractivity contribution in [3.05, 3.63) is 152 Å². The number of allylic oxidation sites excluding steroid dienone is 4. The van der Waals surface area contributed by atoms with Gasteiger partial charge in [0.15, 0.2) is 0 Å². The summed E-state index contributed by atoms with van der Waals surface area (Å²) in [6, 6.07) is 45.7. The van der Waals surface area contributed by atoms with Crippen molar-refractivity contribution >= 4 is 56.0 Å². The van der Waals surface area contributed by atoms with Crippen molar-refractivity contribution in [2.24, 2.45) is 0 Å². The third kappa shape index (κ3) is 3.33. The molecule has 6 aromatic rings. The maximum absolute atomic E-state index is 2.52. The van der Waals surface area contributed by atoms with E-state index in [-0.39, 0.29) is 6.04 Å². The normalized spacial score (nSPS) is 15.6. The summed E-state index contributed by atoms with van der Waals surface area (Å²) in [4.78, 5) is 2.36. The Morgan fingerprint density at radius 2 is 1.23 bits per heavy atom. The van der Waals surface area contributed by atoms with Crippen molar-refractivity contribution < 1.29 is 0 Å². The van der Waals surface area contributed by atoms with Crippen molar-refractivity contribution in [1.82, 2.24) is 9.14 Å². The number of aromatic nitrogens is 1. The number of rotatable bonds is 4. The number of hydrogen-bond donors (Lipinski definition) is 0. The topological polar surface area (TPSA) is 11.2 Å². The van der Waals surface area contributed by atoms with Crippen LogP contribution >= 0.6 is 0 Å². The Kier molecular flexibility index (Phi) is 4.89.